The molecule has 2 heterocycles. The van der Waals surface area contributed by atoms with Gasteiger partial charge in [0, 0.05) is 19.2 Å². The average Bonchev–Trinajstić information content (AvgIpc) is 2.30. The van der Waals surface area contributed by atoms with Crippen LogP contribution in [0.3, 0.4) is 0 Å². The highest BCUT2D eigenvalue weighted by atomic mass is 79.9. The highest BCUT2D eigenvalue weighted by molar-refractivity contribution is 9.10. The molecule has 60 valence electrons. The van der Waals surface area contributed by atoms with Crippen molar-refractivity contribution in [2.75, 3.05) is 6.54 Å². The van der Waals surface area contributed by atoms with E-state index in [1.54, 1.807) is 0 Å². The second-order valence-electron chi connectivity index (χ2n) is 2.77. The zero-order chi connectivity index (χ0) is 7.84. The molecule has 0 aliphatic carbocycles. The highest BCUT2D eigenvalue weighted by Crippen LogP contribution is 2.21. The van der Waals surface area contributed by atoms with Gasteiger partial charge in [-0.05, 0) is 28.9 Å². The summed E-state index contributed by atoms with van der Waals surface area (Å²) in [5.41, 5.74) is 2.55. The molecular weight excluding hydrogens is 206 g/mol. The summed E-state index contributed by atoms with van der Waals surface area (Å²) in [6.45, 7) is 1.98. The van der Waals surface area contributed by atoms with Crippen molar-refractivity contribution in [3.63, 3.8) is 0 Å². The van der Waals surface area contributed by atoms with Crippen molar-refractivity contribution in [3.05, 3.63) is 15.9 Å². The Kier molecular flexibility index (Phi) is 1.73. The first-order valence-corrected chi connectivity index (χ1v) is 4.49. The Morgan fingerprint density at radius 2 is 2.45 bits per heavy atom. The lowest BCUT2D eigenvalue weighted by molar-refractivity contribution is 0.625. The van der Waals surface area contributed by atoms with Gasteiger partial charge in [-0.15, -0.1) is 0 Å². The number of aryl methyl sites for hydroxylation is 1. The molecule has 2 rings (SSSR count). The predicted octanol–water partition coefficient (Wildman–Crippen LogP) is 0.828. The molecule has 4 heteroatoms. The zero-order valence-electron chi connectivity index (χ0n) is 6.39. The summed E-state index contributed by atoms with van der Waals surface area (Å²) in [5, 5.41) is 7.64. The maximum Gasteiger partial charge on any atom is 0.107 e. The molecule has 0 aromatic carbocycles. The standard InChI is InChI=1S/C7H10BrN3/c1-11-7(8)5-2-3-9-4-6(5)10-11/h9H,2-4H2,1H3. The van der Waals surface area contributed by atoms with Gasteiger partial charge in [0.05, 0.1) is 5.69 Å². The third-order valence-electron chi connectivity index (χ3n) is 2.00. The van der Waals surface area contributed by atoms with E-state index in [9.17, 15) is 0 Å². The Hall–Kier alpha value is -0.350. The van der Waals surface area contributed by atoms with Crippen LogP contribution in [0.2, 0.25) is 0 Å². The van der Waals surface area contributed by atoms with Gasteiger partial charge in [0.1, 0.15) is 4.60 Å². The number of rotatable bonds is 0. The average molecular weight is 216 g/mol. The number of aromatic nitrogens is 2. The second-order valence-corrected chi connectivity index (χ2v) is 3.52. The largest absolute Gasteiger partial charge is 0.311 e. The van der Waals surface area contributed by atoms with Gasteiger partial charge < -0.3 is 5.32 Å². The van der Waals surface area contributed by atoms with E-state index in [0.29, 0.717) is 0 Å². The molecule has 0 bridgehead atoms. The van der Waals surface area contributed by atoms with Crippen LogP contribution in [0.4, 0.5) is 0 Å². The molecule has 0 saturated carbocycles. The molecule has 0 fully saturated rings. The normalized spacial score (nSPS) is 16.5. The van der Waals surface area contributed by atoms with Crippen molar-refractivity contribution in [2.24, 2.45) is 7.05 Å². The third-order valence-corrected chi connectivity index (χ3v) is 2.99. The van der Waals surface area contributed by atoms with Crippen LogP contribution in [0.25, 0.3) is 0 Å². The van der Waals surface area contributed by atoms with Crippen LogP contribution in [0.5, 0.6) is 0 Å². The van der Waals surface area contributed by atoms with Gasteiger partial charge >= 0.3 is 0 Å². The van der Waals surface area contributed by atoms with Crippen LogP contribution >= 0.6 is 15.9 Å². The van der Waals surface area contributed by atoms with Crippen LogP contribution in [0.1, 0.15) is 11.3 Å². The third kappa shape index (κ3) is 1.10. The lowest BCUT2D eigenvalue weighted by Crippen LogP contribution is -2.23. The minimum Gasteiger partial charge on any atom is -0.311 e. The summed E-state index contributed by atoms with van der Waals surface area (Å²) in [5.74, 6) is 0. The van der Waals surface area contributed by atoms with E-state index in [1.165, 1.54) is 11.3 Å². The topological polar surface area (TPSA) is 29.9 Å². The Morgan fingerprint density at radius 1 is 1.64 bits per heavy atom. The quantitative estimate of drug-likeness (QED) is 0.696. The molecule has 11 heavy (non-hydrogen) atoms. The molecule has 0 amide bonds. The van der Waals surface area contributed by atoms with Crippen molar-refractivity contribution in [2.45, 2.75) is 13.0 Å². The van der Waals surface area contributed by atoms with Gasteiger partial charge in [0.15, 0.2) is 0 Å². The molecule has 0 atom stereocenters. The van der Waals surface area contributed by atoms with Crippen LogP contribution in [0.15, 0.2) is 4.60 Å². The molecular formula is C7H10BrN3. The first-order valence-electron chi connectivity index (χ1n) is 3.70. The zero-order valence-corrected chi connectivity index (χ0v) is 7.98. The van der Waals surface area contributed by atoms with Gasteiger partial charge in [-0.2, -0.15) is 5.10 Å². The van der Waals surface area contributed by atoms with E-state index in [4.69, 9.17) is 0 Å². The Labute approximate surface area is 73.9 Å². The maximum atomic E-state index is 4.36. The van der Waals surface area contributed by atoms with Crippen LogP contribution < -0.4 is 5.32 Å². The smallest absolute Gasteiger partial charge is 0.107 e. The number of nitrogens with zero attached hydrogens (tertiary/aromatic N) is 2. The van der Waals surface area contributed by atoms with Crippen molar-refractivity contribution >= 4 is 15.9 Å². The van der Waals surface area contributed by atoms with Crippen LogP contribution in [-0.4, -0.2) is 16.3 Å². The molecule has 0 saturated heterocycles. The van der Waals surface area contributed by atoms with Crippen LogP contribution in [-0.2, 0) is 20.0 Å². The summed E-state index contributed by atoms with van der Waals surface area (Å²) >= 11 is 3.51. The van der Waals surface area contributed by atoms with E-state index in [2.05, 4.69) is 26.3 Å². The number of hydrogen-bond donors (Lipinski definition) is 1. The highest BCUT2D eigenvalue weighted by Gasteiger charge is 2.16. The fraction of sp³-hybridized carbons (Fsp3) is 0.571. The minimum absolute atomic E-state index is 0.911. The summed E-state index contributed by atoms with van der Waals surface area (Å²) in [6.07, 6.45) is 1.09. The number of halogens is 1. The van der Waals surface area contributed by atoms with Gasteiger partial charge in [-0.25, -0.2) is 0 Å². The van der Waals surface area contributed by atoms with E-state index in [1.807, 2.05) is 11.7 Å². The van der Waals surface area contributed by atoms with Gasteiger partial charge in [-0.3, -0.25) is 4.68 Å². The van der Waals surface area contributed by atoms with Crippen molar-refractivity contribution < 1.29 is 0 Å². The fourth-order valence-electron chi connectivity index (χ4n) is 1.41. The van der Waals surface area contributed by atoms with Crippen LogP contribution in [0, 0.1) is 0 Å². The molecule has 1 aromatic rings. The van der Waals surface area contributed by atoms with Crippen molar-refractivity contribution in [1.82, 2.24) is 15.1 Å². The van der Waals surface area contributed by atoms with Crippen molar-refractivity contribution in [1.29, 1.82) is 0 Å². The number of fused-ring (bicyclic) bond motifs is 1. The molecule has 3 nitrogen and oxygen atoms in total. The molecule has 1 aliphatic heterocycles. The Morgan fingerprint density at radius 3 is 3.18 bits per heavy atom. The van der Waals surface area contributed by atoms with Gasteiger partial charge in [0.2, 0.25) is 0 Å². The lowest BCUT2D eigenvalue weighted by Gasteiger charge is -2.10. The van der Waals surface area contributed by atoms with Gasteiger partial charge in [0.25, 0.3) is 0 Å². The summed E-state index contributed by atoms with van der Waals surface area (Å²) in [7, 11) is 1.96. The summed E-state index contributed by atoms with van der Waals surface area (Å²) in [6, 6.07) is 0. The van der Waals surface area contributed by atoms with E-state index >= 15 is 0 Å². The summed E-state index contributed by atoms with van der Waals surface area (Å²) in [4.78, 5) is 0. The molecule has 0 unspecified atom stereocenters. The van der Waals surface area contributed by atoms with Gasteiger partial charge in [-0.1, -0.05) is 0 Å². The van der Waals surface area contributed by atoms with E-state index in [0.717, 1.165) is 24.1 Å². The first-order chi connectivity index (χ1) is 5.29. The second kappa shape index (κ2) is 2.60. The minimum atomic E-state index is 0.911. The maximum absolute atomic E-state index is 4.36. The SMILES string of the molecule is Cn1nc2c(c1Br)CCNC2. The molecule has 1 N–H and O–H groups in total. The fourth-order valence-corrected chi connectivity index (χ4v) is 1.92. The first kappa shape index (κ1) is 7.31. The molecule has 1 aliphatic rings. The predicted molar refractivity (Wildman–Crippen MR) is 46.3 cm³/mol. The number of hydrogen-bond acceptors (Lipinski definition) is 2. The monoisotopic (exact) mass is 215 g/mol. The summed E-state index contributed by atoms with van der Waals surface area (Å²) < 4.78 is 3.02. The Bertz CT molecular complexity index is 279. The molecule has 0 spiro atoms. The van der Waals surface area contributed by atoms with E-state index < -0.39 is 0 Å². The number of nitrogens with one attached hydrogen (secondary N) is 1. The van der Waals surface area contributed by atoms with E-state index in [-0.39, 0.29) is 0 Å². The molecule has 1 aromatic heterocycles. The molecule has 0 radical (unpaired) electrons. The van der Waals surface area contributed by atoms with Crippen molar-refractivity contribution in [3.8, 4) is 0 Å². The lowest BCUT2D eigenvalue weighted by atomic mass is 10.1. The Balaban J connectivity index is 2.50.